The Labute approximate surface area is 157 Å². The van der Waals surface area contributed by atoms with E-state index in [9.17, 15) is 9.59 Å². The lowest BCUT2D eigenvalue weighted by Gasteiger charge is -2.05. The Morgan fingerprint density at radius 2 is 1.88 bits per heavy atom. The number of hydrogen-bond donors (Lipinski definition) is 1. The van der Waals surface area contributed by atoms with E-state index in [1.165, 1.54) is 22.7 Å². The molecular weight excluding hydrogens is 374 g/mol. The van der Waals surface area contributed by atoms with Crippen molar-refractivity contribution in [2.75, 3.05) is 12.3 Å². The number of aryl methyl sites for hydroxylation is 2. The number of thiophene rings is 2. The van der Waals surface area contributed by atoms with Gasteiger partial charge >= 0.3 is 11.9 Å². The van der Waals surface area contributed by atoms with Crippen molar-refractivity contribution < 1.29 is 19.1 Å². The topological polar surface area (TPSA) is 104 Å². The summed E-state index contributed by atoms with van der Waals surface area (Å²) in [6, 6.07) is 1.85. The highest BCUT2D eigenvalue weighted by molar-refractivity contribution is 7.20. The van der Waals surface area contributed by atoms with Crippen LogP contribution in [0.15, 0.2) is 11.4 Å². The number of ether oxygens (including phenoxy) is 2. The van der Waals surface area contributed by atoms with Crippen molar-refractivity contribution in [3.63, 3.8) is 0 Å². The van der Waals surface area contributed by atoms with Gasteiger partial charge in [-0.3, -0.25) is 0 Å². The highest BCUT2D eigenvalue weighted by Gasteiger charge is 2.21. The van der Waals surface area contributed by atoms with Gasteiger partial charge in [0.25, 0.3) is 0 Å². The first-order valence-electron chi connectivity index (χ1n) is 7.86. The van der Waals surface area contributed by atoms with Crippen LogP contribution in [0.25, 0.3) is 10.2 Å². The predicted molar refractivity (Wildman–Crippen MR) is 101 cm³/mol. The SMILES string of the molecule is CCOC(=O)c1sc2nc(COC(=O)c3sccc3C)nc(N)c2c1C. The van der Waals surface area contributed by atoms with Gasteiger partial charge in [-0.2, -0.15) is 0 Å². The number of carbonyl (C=O) groups excluding carboxylic acids is 2. The summed E-state index contributed by atoms with van der Waals surface area (Å²) < 4.78 is 10.3. The number of nitrogens with zero attached hydrogens (tertiary/aromatic N) is 2. The monoisotopic (exact) mass is 391 g/mol. The van der Waals surface area contributed by atoms with Crippen LogP contribution in [0.1, 0.15) is 43.2 Å². The van der Waals surface area contributed by atoms with E-state index in [1.807, 2.05) is 18.4 Å². The molecule has 9 heteroatoms. The van der Waals surface area contributed by atoms with Gasteiger partial charge < -0.3 is 15.2 Å². The van der Waals surface area contributed by atoms with Gasteiger partial charge in [0.1, 0.15) is 20.4 Å². The lowest BCUT2D eigenvalue weighted by Crippen LogP contribution is -2.08. The molecule has 0 unspecified atom stereocenters. The maximum absolute atomic E-state index is 12.1. The summed E-state index contributed by atoms with van der Waals surface area (Å²) in [6.07, 6.45) is 0. The first-order chi connectivity index (χ1) is 12.4. The molecule has 0 amide bonds. The van der Waals surface area contributed by atoms with Crippen molar-refractivity contribution in [3.05, 3.63) is 38.2 Å². The second-order valence-electron chi connectivity index (χ2n) is 5.49. The summed E-state index contributed by atoms with van der Waals surface area (Å²) in [4.78, 5) is 34.3. The third kappa shape index (κ3) is 3.40. The van der Waals surface area contributed by atoms with Crippen LogP contribution in [0.4, 0.5) is 5.82 Å². The van der Waals surface area contributed by atoms with E-state index < -0.39 is 11.9 Å². The Balaban J connectivity index is 1.85. The molecule has 3 heterocycles. The normalized spacial score (nSPS) is 10.9. The van der Waals surface area contributed by atoms with Crippen LogP contribution in [-0.4, -0.2) is 28.5 Å². The standard InChI is InChI=1S/C17H17N3O4S2/c1-4-23-17(22)13-9(3)11-14(18)19-10(20-15(11)26-13)7-24-16(21)12-8(2)5-6-25-12/h5-6H,4,7H2,1-3H3,(H2,18,19,20). The molecular formula is C17H17N3O4S2. The molecule has 0 aliphatic rings. The lowest BCUT2D eigenvalue weighted by atomic mass is 10.2. The van der Waals surface area contributed by atoms with E-state index in [-0.39, 0.29) is 24.9 Å². The quantitative estimate of drug-likeness (QED) is 0.664. The minimum atomic E-state index is -0.422. The van der Waals surface area contributed by atoms with Crippen molar-refractivity contribution in [3.8, 4) is 0 Å². The molecule has 0 saturated heterocycles. The van der Waals surface area contributed by atoms with E-state index in [0.717, 1.165) is 5.56 Å². The van der Waals surface area contributed by atoms with Crippen molar-refractivity contribution in [2.45, 2.75) is 27.4 Å². The first kappa shape index (κ1) is 18.3. The Bertz CT molecular complexity index is 993. The van der Waals surface area contributed by atoms with Gasteiger partial charge in [-0.1, -0.05) is 0 Å². The fraction of sp³-hybridized carbons (Fsp3) is 0.294. The molecule has 3 aromatic heterocycles. The van der Waals surface area contributed by atoms with E-state index >= 15 is 0 Å². The summed E-state index contributed by atoms with van der Waals surface area (Å²) in [5.74, 6) is -0.297. The summed E-state index contributed by atoms with van der Waals surface area (Å²) in [6.45, 7) is 5.57. The Morgan fingerprint density at radius 3 is 2.54 bits per heavy atom. The predicted octanol–water partition coefficient (Wildman–Crippen LogP) is 3.49. The molecule has 0 fully saturated rings. The fourth-order valence-electron chi connectivity index (χ4n) is 2.45. The smallest absolute Gasteiger partial charge is 0.349 e. The van der Waals surface area contributed by atoms with Gasteiger partial charge in [-0.05, 0) is 43.3 Å². The number of rotatable bonds is 5. The third-order valence-electron chi connectivity index (χ3n) is 3.71. The summed E-state index contributed by atoms with van der Waals surface area (Å²) in [7, 11) is 0. The lowest BCUT2D eigenvalue weighted by molar-refractivity contribution is 0.0466. The number of fused-ring (bicyclic) bond motifs is 1. The number of nitrogen functional groups attached to an aromatic ring is 1. The second-order valence-corrected chi connectivity index (χ2v) is 7.41. The van der Waals surface area contributed by atoms with Gasteiger partial charge in [-0.15, -0.1) is 22.7 Å². The van der Waals surface area contributed by atoms with Gasteiger partial charge in [0.15, 0.2) is 12.4 Å². The summed E-state index contributed by atoms with van der Waals surface area (Å²) in [5.41, 5.74) is 7.59. The Morgan fingerprint density at radius 1 is 1.15 bits per heavy atom. The molecule has 3 rings (SSSR count). The van der Waals surface area contributed by atoms with E-state index in [4.69, 9.17) is 15.2 Å². The van der Waals surface area contributed by atoms with Crippen LogP contribution in [0.2, 0.25) is 0 Å². The number of esters is 2. The number of hydrogen-bond acceptors (Lipinski definition) is 9. The molecule has 0 bridgehead atoms. The third-order valence-corrected chi connectivity index (χ3v) is 5.87. The molecule has 0 aliphatic heterocycles. The minimum Gasteiger partial charge on any atom is -0.462 e. The molecule has 0 aromatic carbocycles. The Kier molecular flexibility index (Phi) is 5.19. The van der Waals surface area contributed by atoms with Gasteiger partial charge in [0.2, 0.25) is 0 Å². The zero-order valence-corrected chi connectivity index (χ0v) is 16.1. The zero-order chi connectivity index (χ0) is 18.8. The van der Waals surface area contributed by atoms with Crippen molar-refractivity contribution >= 4 is 50.6 Å². The Hall–Kier alpha value is -2.52. The molecule has 0 atom stereocenters. The number of aromatic nitrogens is 2. The van der Waals surface area contributed by atoms with Crippen LogP contribution in [0, 0.1) is 13.8 Å². The van der Waals surface area contributed by atoms with Crippen LogP contribution in [0.5, 0.6) is 0 Å². The fourth-order valence-corrected chi connectivity index (χ4v) is 4.37. The van der Waals surface area contributed by atoms with Crippen molar-refractivity contribution in [1.82, 2.24) is 9.97 Å². The van der Waals surface area contributed by atoms with Crippen molar-refractivity contribution in [2.24, 2.45) is 0 Å². The second kappa shape index (κ2) is 7.38. The summed E-state index contributed by atoms with van der Waals surface area (Å²) >= 11 is 2.51. The van der Waals surface area contributed by atoms with Crippen LogP contribution in [-0.2, 0) is 16.1 Å². The zero-order valence-electron chi connectivity index (χ0n) is 14.5. The maximum Gasteiger partial charge on any atom is 0.349 e. The molecule has 0 spiro atoms. The average Bonchev–Trinajstić information content (AvgIpc) is 3.16. The van der Waals surface area contributed by atoms with E-state index in [2.05, 4.69) is 9.97 Å². The van der Waals surface area contributed by atoms with E-state index in [0.29, 0.717) is 25.5 Å². The number of carbonyl (C=O) groups is 2. The molecule has 2 N–H and O–H groups in total. The van der Waals surface area contributed by atoms with Gasteiger partial charge in [0.05, 0.1) is 12.0 Å². The molecule has 136 valence electrons. The summed E-state index contributed by atoms with van der Waals surface area (Å²) in [5, 5.41) is 2.46. The number of nitrogens with two attached hydrogens (primary N) is 1. The molecule has 0 radical (unpaired) electrons. The highest BCUT2D eigenvalue weighted by Crippen LogP contribution is 2.33. The average molecular weight is 391 g/mol. The molecule has 0 saturated carbocycles. The molecule has 26 heavy (non-hydrogen) atoms. The van der Waals surface area contributed by atoms with Crippen LogP contribution in [0.3, 0.4) is 0 Å². The van der Waals surface area contributed by atoms with Gasteiger partial charge in [-0.25, -0.2) is 19.6 Å². The van der Waals surface area contributed by atoms with Gasteiger partial charge in [0, 0.05) is 0 Å². The largest absolute Gasteiger partial charge is 0.462 e. The molecule has 7 nitrogen and oxygen atoms in total. The molecule has 0 aliphatic carbocycles. The highest BCUT2D eigenvalue weighted by atomic mass is 32.1. The minimum absolute atomic E-state index is 0.0952. The molecule has 3 aromatic rings. The first-order valence-corrected chi connectivity index (χ1v) is 9.55. The van der Waals surface area contributed by atoms with Crippen LogP contribution >= 0.6 is 22.7 Å². The maximum atomic E-state index is 12.1. The van der Waals surface area contributed by atoms with Crippen LogP contribution < -0.4 is 5.73 Å². The van der Waals surface area contributed by atoms with Crippen molar-refractivity contribution in [1.29, 1.82) is 0 Å². The number of anilines is 1. The van der Waals surface area contributed by atoms with E-state index in [1.54, 1.807) is 13.8 Å².